The van der Waals surface area contributed by atoms with Crippen LogP contribution in [0.15, 0.2) is 23.1 Å². The number of carbonyl (C=O) groups excluding carboxylic acids is 1. The van der Waals surface area contributed by atoms with Gasteiger partial charge in [-0.25, -0.2) is 8.42 Å². The van der Waals surface area contributed by atoms with Gasteiger partial charge in [-0.15, -0.1) is 0 Å². The molecule has 0 fully saturated rings. The zero-order valence-electron chi connectivity index (χ0n) is 11.3. The molecule has 0 aliphatic rings. The van der Waals surface area contributed by atoms with E-state index in [2.05, 4.69) is 5.32 Å². The van der Waals surface area contributed by atoms with Gasteiger partial charge in [0.05, 0.1) is 11.4 Å². The molecule has 6 nitrogen and oxygen atoms in total. The number of anilines is 1. The second-order valence-corrected chi connectivity index (χ2v) is 6.25. The van der Waals surface area contributed by atoms with Gasteiger partial charge in [0.2, 0.25) is 15.9 Å². The van der Waals surface area contributed by atoms with E-state index in [0.29, 0.717) is 17.8 Å². The van der Waals surface area contributed by atoms with Crippen molar-refractivity contribution in [1.82, 2.24) is 9.62 Å². The molecule has 0 aliphatic carbocycles. The average Bonchev–Trinajstić information content (AvgIpc) is 2.28. The zero-order valence-corrected chi connectivity index (χ0v) is 12.1. The molecule has 1 aromatic rings. The Balaban J connectivity index is 3.00. The van der Waals surface area contributed by atoms with Crippen molar-refractivity contribution < 1.29 is 13.2 Å². The molecular formula is C12H19N3O3S. The minimum Gasteiger partial charge on any atom is -0.399 e. The smallest absolute Gasteiger partial charge is 0.243 e. The molecule has 1 rings (SSSR count). The lowest BCUT2D eigenvalue weighted by molar-refractivity contribution is -0.121. The maximum absolute atomic E-state index is 12.3. The molecule has 0 atom stereocenters. The lowest BCUT2D eigenvalue weighted by Crippen LogP contribution is -2.38. The van der Waals surface area contributed by atoms with Gasteiger partial charge in [0, 0.05) is 19.3 Å². The third kappa shape index (κ3) is 3.68. The Morgan fingerprint density at radius 1 is 1.42 bits per heavy atom. The van der Waals surface area contributed by atoms with E-state index >= 15 is 0 Å². The fourth-order valence-corrected chi connectivity index (χ4v) is 3.00. The summed E-state index contributed by atoms with van der Waals surface area (Å²) in [5, 5.41) is 2.56. The Labute approximate surface area is 113 Å². The molecule has 0 aliphatic heterocycles. The van der Waals surface area contributed by atoms with Gasteiger partial charge in [0.25, 0.3) is 0 Å². The third-order valence-electron chi connectivity index (χ3n) is 2.63. The van der Waals surface area contributed by atoms with E-state index < -0.39 is 10.0 Å². The van der Waals surface area contributed by atoms with E-state index in [1.54, 1.807) is 19.9 Å². The van der Waals surface area contributed by atoms with Crippen LogP contribution >= 0.6 is 0 Å². The number of likely N-dealkylation sites (N-methyl/N-ethyl adjacent to an activating group) is 2. The number of nitrogens with one attached hydrogen (secondary N) is 1. The van der Waals surface area contributed by atoms with E-state index in [9.17, 15) is 13.2 Å². The molecule has 0 saturated heterocycles. The number of nitrogen functional groups attached to an aromatic ring is 1. The van der Waals surface area contributed by atoms with Crippen LogP contribution in [0.1, 0.15) is 12.5 Å². The van der Waals surface area contributed by atoms with E-state index in [0.717, 1.165) is 4.31 Å². The van der Waals surface area contributed by atoms with Gasteiger partial charge < -0.3 is 11.1 Å². The van der Waals surface area contributed by atoms with Crippen molar-refractivity contribution in [2.45, 2.75) is 18.7 Å². The predicted molar refractivity (Wildman–Crippen MR) is 74.1 cm³/mol. The van der Waals surface area contributed by atoms with Gasteiger partial charge in [-0.3, -0.25) is 4.79 Å². The Hall–Kier alpha value is -1.60. The number of aryl methyl sites for hydroxylation is 1. The normalized spacial score (nSPS) is 11.6. The Morgan fingerprint density at radius 3 is 2.58 bits per heavy atom. The van der Waals surface area contributed by atoms with Crippen LogP contribution in [-0.2, 0) is 14.8 Å². The lowest BCUT2D eigenvalue weighted by Gasteiger charge is -2.18. The molecule has 0 spiro atoms. The van der Waals surface area contributed by atoms with Crippen LogP contribution in [0.3, 0.4) is 0 Å². The lowest BCUT2D eigenvalue weighted by atomic mass is 10.2. The monoisotopic (exact) mass is 285 g/mol. The summed E-state index contributed by atoms with van der Waals surface area (Å²) in [6.45, 7) is 3.70. The molecule has 0 unspecified atom stereocenters. The third-order valence-corrected chi connectivity index (χ3v) is 4.59. The van der Waals surface area contributed by atoms with Crippen LogP contribution < -0.4 is 11.1 Å². The van der Waals surface area contributed by atoms with Crippen molar-refractivity contribution in [3.63, 3.8) is 0 Å². The fraction of sp³-hybridized carbons (Fsp3) is 0.417. The van der Waals surface area contributed by atoms with Gasteiger partial charge >= 0.3 is 0 Å². The highest BCUT2D eigenvalue weighted by molar-refractivity contribution is 7.89. The minimum atomic E-state index is -3.68. The highest BCUT2D eigenvalue weighted by Crippen LogP contribution is 2.20. The summed E-state index contributed by atoms with van der Waals surface area (Å²) in [6, 6.07) is 4.57. The summed E-state index contributed by atoms with van der Waals surface area (Å²) in [6.07, 6.45) is 0. The highest BCUT2D eigenvalue weighted by Gasteiger charge is 2.24. The standard InChI is InChI=1S/C12H19N3O3S/c1-4-14-12(16)8-15(3)19(17,18)11-6-5-10(13)7-9(11)2/h5-7H,4,8,13H2,1-3H3,(H,14,16). The molecule has 1 aromatic carbocycles. The number of amides is 1. The first kappa shape index (κ1) is 15.5. The predicted octanol–water partition coefficient (Wildman–Crippen LogP) is 0.334. The topological polar surface area (TPSA) is 92.5 Å². The summed E-state index contributed by atoms with van der Waals surface area (Å²) in [5.41, 5.74) is 6.66. The molecule has 0 radical (unpaired) electrons. The van der Waals surface area contributed by atoms with Crippen LogP contribution in [0.4, 0.5) is 5.69 Å². The summed E-state index contributed by atoms with van der Waals surface area (Å²) < 4.78 is 25.6. The maximum Gasteiger partial charge on any atom is 0.243 e. The maximum atomic E-state index is 12.3. The Morgan fingerprint density at radius 2 is 2.05 bits per heavy atom. The number of nitrogens with zero attached hydrogens (tertiary/aromatic N) is 1. The number of carbonyl (C=O) groups is 1. The van der Waals surface area contributed by atoms with Crippen molar-refractivity contribution in [2.24, 2.45) is 0 Å². The number of sulfonamides is 1. The first-order valence-electron chi connectivity index (χ1n) is 5.88. The second kappa shape index (κ2) is 6.03. The van der Waals surface area contributed by atoms with Gasteiger partial charge in [-0.05, 0) is 37.6 Å². The van der Waals surface area contributed by atoms with Crippen LogP contribution in [0.2, 0.25) is 0 Å². The Bertz CT molecular complexity index is 570. The largest absolute Gasteiger partial charge is 0.399 e. The van der Waals surface area contributed by atoms with Crippen molar-refractivity contribution in [3.8, 4) is 0 Å². The van der Waals surface area contributed by atoms with Crippen molar-refractivity contribution in [1.29, 1.82) is 0 Å². The van der Waals surface area contributed by atoms with E-state index in [1.165, 1.54) is 19.2 Å². The molecule has 0 saturated carbocycles. The summed E-state index contributed by atoms with van der Waals surface area (Å²) in [4.78, 5) is 11.6. The number of rotatable bonds is 5. The van der Waals surface area contributed by atoms with Crippen LogP contribution in [0.25, 0.3) is 0 Å². The molecule has 106 valence electrons. The number of nitrogens with two attached hydrogens (primary N) is 1. The van der Waals surface area contributed by atoms with Crippen molar-refractivity contribution in [3.05, 3.63) is 23.8 Å². The molecular weight excluding hydrogens is 266 g/mol. The molecule has 1 amide bonds. The fourth-order valence-electron chi connectivity index (χ4n) is 1.67. The molecule has 0 aromatic heterocycles. The molecule has 19 heavy (non-hydrogen) atoms. The highest BCUT2D eigenvalue weighted by atomic mass is 32.2. The minimum absolute atomic E-state index is 0.161. The van der Waals surface area contributed by atoms with Gasteiger partial charge in [0.15, 0.2) is 0 Å². The van der Waals surface area contributed by atoms with Gasteiger partial charge in [-0.1, -0.05) is 0 Å². The zero-order chi connectivity index (χ0) is 14.6. The molecule has 3 N–H and O–H groups in total. The second-order valence-electron chi connectivity index (χ2n) is 4.24. The summed E-state index contributed by atoms with van der Waals surface area (Å²) in [7, 11) is -2.31. The van der Waals surface area contributed by atoms with E-state index in [-0.39, 0.29) is 17.3 Å². The number of hydrogen-bond donors (Lipinski definition) is 2. The van der Waals surface area contributed by atoms with E-state index in [4.69, 9.17) is 5.73 Å². The molecule has 0 bridgehead atoms. The molecule has 7 heteroatoms. The van der Waals surface area contributed by atoms with Crippen LogP contribution in [0.5, 0.6) is 0 Å². The van der Waals surface area contributed by atoms with Crippen molar-refractivity contribution >= 4 is 21.6 Å². The first-order chi connectivity index (χ1) is 8.78. The van der Waals surface area contributed by atoms with Crippen LogP contribution in [-0.4, -0.2) is 38.8 Å². The Kier molecular flexibility index (Phi) is 4.90. The SMILES string of the molecule is CCNC(=O)CN(C)S(=O)(=O)c1ccc(N)cc1C. The van der Waals surface area contributed by atoms with Gasteiger partial charge in [-0.2, -0.15) is 4.31 Å². The van der Waals surface area contributed by atoms with E-state index in [1.807, 2.05) is 0 Å². The van der Waals surface area contributed by atoms with Crippen LogP contribution in [0, 0.1) is 6.92 Å². The molecule has 0 heterocycles. The number of benzene rings is 1. The van der Waals surface area contributed by atoms with Gasteiger partial charge in [0.1, 0.15) is 0 Å². The quantitative estimate of drug-likeness (QED) is 0.763. The summed E-state index contributed by atoms with van der Waals surface area (Å²) in [5.74, 6) is -0.332. The average molecular weight is 285 g/mol. The number of hydrogen-bond acceptors (Lipinski definition) is 4. The van der Waals surface area contributed by atoms with Crippen molar-refractivity contribution in [2.75, 3.05) is 25.9 Å². The summed E-state index contributed by atoms with van der Waals surface area (Å²) >= 11 is 0. The first-order valence-corrected chi connectivity index (χ1v) is 7.32.